The van der Waals surface area contributed by atoms with Crippen molar-refractivity contribution in [3.8, 4) is 0 Å². The van der Waals surface area contributed by atoms with Gasteiger partial charge in [0.2, 0.25) is 0 Å². The molecule has 0 fully saturated rings. The number of unbranched alkanes of at least 4 members (excludes halogenated alkanes) is 15. The summed E-state index contributed by atoms with van der Waals surface area (Å²) in [4.78, 5) is 22.3. The molecule has 0 aliphatic carbocycles. The second-order valence-electron chi connectivity index (χ2n) is 12.9. The van der Waals surface area contributed by atoms with E-state index in [9.17, 15) is 19.4 Å². The summed E-state index contributed by atoms with van der Waals surface area (Å²) in [6, 6.07) is 0. The number of rotatable bonds is 37. The molecule has 0 aliphatic heterocycles. The van der Waals surface area contributed by atoms with Crippen LogP contribution in [0.3, 0.4) is 0 Å². The van der Waals surface area contributed by atoms with Crippen molar-refractivity contribution in [3.63, 3.8) is 0 Å². The molecule has 0 rings (SSSR count). The minimum atomic E-state index is -4.51. The number of aliphatic hydroxyl groups excluding tert-OH is 2. The van der Waals surface area contributed by atoms with Crippen LogP contribution in [0.15, 0.2) is 48.6 Å². The first-order valence-corrected chi connectivity index (χ1v) is 21.1. The van der Waals surface area contributed by atoms with Gasteiger partial charge in [0.15, 0.2) is 0 Å². The summed E-state index contributed by atoms with van der Waals surface area (Å²) >= 11 is 0. The largest absolute Gasteiger partial charge is 0.472 e. The van der Waals surface area contributed by atoms with Gasteiger partial charge in [0.05, 0.1) is 26.4 Å². The zero-order chi connectivity index (χ0) is 36.8. The van der Waals surface area contributed by atoms with Gasteiger partial charge in [-0.25, -0.2) is 4.57 Å². The molecule has 9 nitrogen and oxygen atoms in total. The zero-order valence-electron chi connectivity index (χ0n) is 31.6. The summed E-state index contributed by atoms with van der Waals surface area (Å²) in [5.74, 6) is -0.394. The zero-order valence-corrected chi connectivity index (χ0v) is 32.5. The maximum Gasteiger partial charge on any atom is 0.472 e. The van der Waals surface area contributed by atoms with Crippen molar-refractivity contribution in [1.29, 1.82) is 0 Å². The molecule has 3 unspecified atom stereocenters. The maximum atomic E-state index is 12.4. The lowest BCUT2D eigenvalue weighted by Gasteiger charge is -2.20. The Bertz CT molecular complexity index is 919. The minimum absolute atomic E-state index is 0.0446. The van der Waals surface area contributed by atoms with Crippen LogP contribution in [0.5, 0.6) is 0 Å². The van der Waals surface area contributed by atoms with Crippen molar-refractivity contribution in [1.82, 2.24) is 0 Å². The molecular formula is C40H73O9P. The molecule has 3 atom stereocenters. The first-order chi connectivity index (χ1) is 24.3. The summed E-state index contributed by atoms with van der Waals surface area (Å²) < 4.78 is 33.1. The van der Waals surface area contributed by atoms with Crippen molar-refractivity contribution in [2.24, 2.45) is 0 Å². The lowest BCUT2D eigenvalue weighted by molar-refractivity contribution is -0.154. The van der Waals surface area contributed by atoms with Gasteiger partial charge in [-0.15, -0.1) is 0 Å². The Hall–Kier alpha value is -1.58. The molecule has 3 N–H and O–H groups in total. The molecule has 0 aliphatic rings. The first kappa shape index (κ1) is 48.4. The van der Waals surface area contributed by atoms with E-state index in [0.29, 0.717) is 6.61 Å². The summed E-state index contributed by atoms with van der Waals surface area (Å²) in [6.45, 7) is 3.33. The Labute approximate surface area is 305 Å². The number of aliphatic hydroxyl groups is 2. The number of phosphoric acid groups is 1. The topological polar surface area (TPSA) is 132 Å². The highest BCUT2D eigenvalue weighted by atomic mass is 31.2. The molecule has 0 saturated heterocycles. The van der Waals surface area contributed by atoms with Gasteiger partial charge in [-0.3, -0.25) is 13.8 Å². The van der Waals surface area contributed by atoms with Crippen LogP contribution in [0.1, 0.15) is 155 Å². The van der Waals surface area contributed by atoms with Crippen LogP contribution >= 0.6 is 7.82 Å². The van der Waals surface area contributed by atoms with Gasteiger partial charge in [-0.2, -0.15) is 0 Å². The highest BCUT2D eigenvalue weighted by Gasteiger charge is 2.26. The first-order valence-electron chi connectivity index (χ1n) is 19.6. The molecule has 0 aromatic carbocycles. The van der Waals surface area contributed by atoms with E-state index in [4.69, 9.17) is 23.6 Å². The van der Waals surface area contributed by atoms with Crippen molar-refractivity contribution in [2.45, 2.75) is 167 Å². The number of hydrogen-bond acceptors (Lipinski definition) is 8. The lowest BCUT2D eigenvalue weighted by atomic mass is 10.1. The molecule has 50 heavy (non-hydrogen) atoms. The van der Waals surface area contributed by atoms with Crippen LogP contribution in [0, 0.1) is 0 Å². The number of ether oxygens (including phenoxy) is 2. The monoisotopic (exact) mass is 728 g/mol. The van der Waals surface area contributed by atoms with Crippen molar-refractivity contribution >= 4 is 13.8 Å². The second kappa shape index (κ2) is 37.2. The van der Waals surface area contributed by atoms with Gasteiger partial charge >= 0.3 is 13.8 Å². The number of hydrogen-bond donors (Lipinski definition) is 3. The predicted octanol–water partition coefficient (Wildman–Crippen LogP) is 10.2. The van der Waals surface area contributed by atoms with Crippen molar-refractivity contribution in [3.05, 3.63) is 48.6 Å². The molecule has 0 saturated carbocycles. The van der Waals surface area contributed by atoms with Crippen LogP contribution in [0.4, 0.5) is 0 Å². The Morgan fingerprint density at radius 2 is 1.14 bits per heavy atom. The fourth-order valence-electron chi connectivity index (χ4n) is 5.05. The fourth-order valence-corrected chi connectivity index (χ4v) is 5.84. The predicted molar refractivity (Wildman–Crippen MR) is 205 cm³/mol. The van der Waals surface area contributed by atoms with Crippen LogP contribution < -0.4 is 0 Å². The Balaban J connectivity index is 4.05. The van der Waals surface area contributed by atoms with E-state index in [0.717, 1.165) is 77.0 Å². The Morgan fingerprint density at radius 3 is 1.72 bits per heavy atom. The normalized spacial score (nSPS) is 14.7. The van der Waals surface area contributed by atoms with Gasteiger partial charge in [0.25, 0.3) is 0 Å². The molecule has 0 amide bonds. The highest BCUT2D eigenvalue weighted by molar-refractivity contribution is 7.47. The number of esters is 1. The SMILES string of the molecule is CC/C=C\C/C=C\C/C=C\C/C=C\CCCCCCCCCCCOCC(COP(=O)(O)OCC(O)CO)OC(=O)CCCCCCCCC. The van der Waals surface area contributed by atoms with Crippen LogP contribution in [-0.2, 0) is 27.9 Å². The van der Waals surface area contributed by atoms with E-state index in [-0.39, 0.29) is 19.6 Å². The molecule has 0 bridgehead atoms. The molecule has 0 spiro atoms. The fraction of sp³-hybridized carbons (Fsp3) is 0.775. The number of carbonyl (C=O) groups is 1. The van der Waals surface area contributed by atoms with Gasteiger partial charge in [0.1, 0.15) is 12.2 Å². The standard InChI is InChI=1S/C40H73O9P/c1-3-5-7-9-11-12-13-14-15-16-17-18-19-20-21-22-23-24-25-27-29-31-33-46-36-39(37-48-50(44,45)47-35-38(42)34-41)49-40(43)32-30-28-26-10-8-6-4-2/h5,7,11-12,14-15,17-18,38-39,41-42H,3-4,6,8-10,13,16,19-37H2,1-2H3,(H,44,45)/b7-5-,12-11-,15-14-,18-17-. The van der Waals surface area contributed by atoms with E-state index in [1.165, 1.54) is 57.8 Å². The van der Waals surface area contributed by atoms with Gasteiger partial charge in [-0.1, -0.05) is 146 Å². The molecule has 0 radical (unpaired) electrons. The van der Waals surface area contributed by atoms with E-state index in [1.54, 1.807) is 0 Å². The van der Waals surface area contributed by atoms with Gasteiger partial charge < -0.3 is 24.6 Å². The van der Waals surface area contributed by atoms with E-state index >= 15 is 0 Å². The quantitative estimate of drug-likeness (QED) is 0.0247. The van der Waals surface area contributed by atoms with Gasteiger partial charge in [0, 0.05) is 13.0 Å². The summed E-state index contributed by atoms with van der Waals surface area (Å²) in [5, 5.41) is 18.2. The molecule has 0 aromatic rings. The third kappa shape index (κ3) is 36.2. The highest BCUT2D eigenvalue weighted by Crippen LogP contribution is 2.43. The van der Waals surface area contributed by atoms with E-state index < -0.39 is 39.2 Å². The molecule has 10 heteroatoms. The molecular weight excluding hydrogens is 655 g/mol. The third-order valence-corrected chi connectivity index (χ3v) is 8.98. The number of carbonyl (C=O) groups excluding carboxylic acids is 1. The molecule has 292 valence electrons. The number of allylic oxidation sites excluding steroid dienone is 8. The second-order valence-corrected chi connectivity index (χ2v) is 14.4. The van der Waals surface area contributed by atoms with Crippen LogP contribution in [-0.4, -0.2) is 66.3 Å². The van der Waals surface area contributed by atoms with Crippen LogP contribution in [0.2, 0.25) is 0 Å². The van der Waals surface area contributed by atoms with Crippen LogP contribution in [0.25, 0.3) is 0 Å². The lowest BCUT2D eigenvalue weighted by Crippen LogP contribution is -2.29. The van der Waals surface area contributed by atoms with E-state index in [2.05, 4.69) is 62.5 Å². The van der Waals surface area contributed by atoms with Gasteiger partial charge in [-0.05, 0) is 51.4 Å². The Kier molecular flexibility index (Phi) is 36.0. The summed E-state index contributed by atoms with van der Waals surface area (Å²) in [7, 11) is -4.51. The molecule has 0 aromatic heterocycles. The Morgan fingerprint density at radius 1 is 0.640 bits per heavy atom. The van der Waals surface area contributed by atoms with Crippen molar-refractivity contribution in [2.75, 3.05) is 33.0 Å². The minimum Gasteiger partial charge on any atom is -0.457 e. The third-order valence-electron chi connectivity index (χ3n) is 8.03. The van der Waals surface area contributed by atoms with E-state index in [1.807, 2.05) is 0 Å². The average molecular weight is 729 g/mol. The summed E-state index contributed by atoms with van der Waals surface area (Å²) in [5.41, 5.74) is 0. The number of phosphoric ester groups is 1. The molecule has 0 heterocycles. The van der Waals surface area contributed by atoms with Crippen molar-refractivity contribution < 1.29 is 43.0 Å². The average Bonchev–Trinajstić information content (AvgIpc) is 3.10. The smallest absolute Gasteiger partial charge is 0.457 e. The maximum absolute atomic E-state index is 12.4. The summed E-state index contributed by atoms with van der Waals surface area (Å²) in [6.07, 6.45) is 39.5.